The second-order valence-electron chi connectivity index (χ2n) is 6.26. The molecule has 0 fully saturated rings. The summed E-state index contributed by atoms with van der Waals surface area (Å²) in [5.74, 6) is -0.749. The van der Waals surface area contributed by atoms with Crippen molar-refractivity contribution < 1.29 is 93.9 Å². The van der Waals surface area contributed by atoms with Crippen LogP contribution in [0.1, 0.15) is 24.0 Å². The number of carboxylic acid groups (broad SMARTS) is 2. The second-order valence-corrected chi connectivity index (χ2v) is 6.26. The van der Waals surface area contributed by atoms with Gasteiger partial charge >= 0.3 is 59.1 Å². The summed E-state index contributed by atoms with van der Waals surface area (Å²) >= 11 is 0. The van der Waals surface area contributed by atoms with Crippen LogP contribution in [0.25, 0.3) is 12.2 Å². The van der Waals surface area contributed by atoms with Gasteiger partial charge in [0.25, 0.3) is 0 Å². The van der Waals surface area contributed by atoms with Crippen molar-refractivity contribution in [3.8, 4) is 11.5 Å². The van der Waals surface area contributed by atoms with Gasteiger partial charge in [-0.1, -0.05) is 48.6 Å². The summed E-state index contributed by atoms with van der Waals surface area (Å²) in [6, 6.07) is 15.0. The molecule has 4 rings (SSSR count). The topological polar surface area (TPSA) is 130 Å². The summed E-state index contributed by atoms with van der Waals surface area (Å²) in [7, 11) is 0. The van der Waals surface area contributed by atoms with Gasteiger partial charge in [0.05, 0.1) is 0 Å². The van der Waals surface area contributed by atoms with E-state index in [0.717, 1.165) is 22.6 Å². The standard InChI is InChI=1S/2C11H10O3.2Na.H2O/c2*12-11(13)7-9-6-5-8-3-1-2-4-10(8)14-9;;;/h2*1-6,9H,7H2,(H,12,13);;;1H2/q;;2*+1;/p-2. The van der Waals surface area contributed by atoms with E-state index in [-0.39, 0.29) is 77.4 Å². The van der Waals surface area contributed by atoms with Crippen molar-refractivity contribution in [2.75, 3.05) is 0 Å². The van der Waals surface area contributed by atoms with Crippen molar-refractivity contribution in [3.05, 3.63) is 71.8 Å². The van der Waals surface area contributed by atoms with Crippen LogP contribution in [0.5, 0.6) is 11.5 Å². The zero-order valence-corrected chi connectivity index (χ0v) is 21.4. The molecule has 2 atom stereocenters. The van der Waals surface area contributed by atoms with Crippen molar-refractivity contribution in [2.45, 2.75) is 25.0 Å². The number of rotatable bonds is 4. The van der Waals surface area contributed by atoms with Crippen LogP contribution in [0.4, 0.5) is 0 Å². The second kappa shape index (κ2) is 14.5. The van der Waals surface area contributed by atoms with Gasteiger partial charge in [-0.15, -0.1) is 0 Å². The van der Waals surface area contributed by atoms with Gasteiger partial charge in [0.1, 0.15) is 23.7 Å². The Morgan fingerprint density at radius 2 is 1.06 bits per heavy atom. The van der Waals surface area contributed by atoms with E-state index in [0.29, 0.717) is 0 Å². The molecular weight excluding hydrogens is 422 g/mol. The third kappa shape index (κ3) is 9.21. The molecule has 0 bridgehead atoms. The molecule has 2 N–H and O–H groups in total. The Kier molecular flexibility index (Phi) is 13.7. The number of benzene rings is 2. The predicted octanol–water partition coefficient (Wildman–Crippen LogP) is -5.62. The quantitative estimate of drug-likeness (QED) is 0.434. The fourth-order valence-electron chi connectivity index (χ4n) is 2.83. The molecule has 31 heavy (non-hydrogen) atoms. The number of hydrogen-bond donors (Lipinski definition) is 0. The molecule has 2 aliphatic heterocycles. The Morgan fingerprint density at radius 1 is 0.710 bits per heavy atom. The smallest absolute Gasteiger partial charge is 0.550 e. The van der Waals surface area contributed by atoms with Crippen molar-refractivity contribution in [1.29, 1.82) is 0 Å². The Labute approximate surface area is 224 Å². The van der Waals surface area contributed by atoms with E-state index in [9.17, 15) is 19.8 Å². The minimum atomic E-state index is -1.10. The molecule has 152 valence electrons. The SMILES string of the molecule is O.O=C([O-])CC1C=Cc2ccccc2O1.O=C([O-])CC1C=Cc2ccccc2O1.[Na+].[Na+]. The van der Waals surface area contributed by atoms with Crippen molar-refractivity contribution in [1.82, 2.24) is 0 Å². The van der Waals surface area contributed by atoms with Crippen LogP contribution in [-0.2, 0) is 9.59 Å². The summed E-state index contributed by atoms with van der Waals surface area (Å²) in [5, 5.41) is 20.7. The van der Waals surface area contributed by atoms with E-state index in [1.54, 1.807) is 12.2 Å². The molecular formula is C22H20Na2O7. The number of carboxylic acids is 2. The number of para-hydroxylation sites is 2. The Hall–Kier alpha value is -1.58. The van der Waals surface area contributed by atoms with Gasteiger partial charge in [-0.3, -0.25) is 0 Å². The first-order valence-electron chi connectivity index (χ1n) is 8.79. The molecule has 2 unspecified atom stereocenters. The molecule has 2 aliphatic rings. The van der Waals surface area contributed by atoms with Crippen LogP contribution in [0.3, 0.4) is 0 Å². The van der Waals surface area contributed by atoms with Crippen LogP contribution >= 0.6 is 0 Å². The van der Waals surface area contributed by atoms with Gasteiger partial charge in [-0.2, -0.15) is 0 Å². The first-order valence-corrected chi connectivity index (χ1v) is 8.79. The molecule has 2 aromatic rings. The number of carbonyl (C=O) groups excluding carboxylic acids is 2. The third-order valence-corrected chi connectivity index (χ3v) is 4.11. The van der Waals surface area contributed by atoms with Crippen LogP contribution in [0.2, 0.25) is 0 Å². The normalized spacial score (nSPS) is 16.6. The number of ether oxygens (including phenoxy) is 2. The van der Waals surface area contributed by atoms with Crippen molar-refractivity contribution in [2.24, 2.45) is 0 Å². The van der Waals surface area contributed by atoms with Crippen LogP contribution in [0.15, 0.2) is 60.7 Å². The monoisotopic (exact) mass is 442 g/mol. The molecule has 0 saturated carbocycles. The zero-order valence-electron chi connectivity index (χ0n) is 17.4. The summed E-state index contributed by atoms with van der Waals surface area (Å²) < 4.78 is 10.9. The minimum Gasteiger partial charge on any atom is -0.550 e. The summed E-state index contributed by atoms with van der Waals surface area (Å²) in [5.41, 5.74) is 1.95. The molecule has 2 aromatic carbocycles. The zero-order chi connectivity index (χ0) is 19.9. The number of fused-ring (bicyclic) bond motifs is 2. The summed E-state index contributed by atoms with van der Waals surface area (Å²) in [6.45, 7) is 0. The molecule has 0 saturated heterocycles. The fourth-order valence-corrected chi connectivity index (χ4v) is 2.83. The largest absolute Gasteiger partial charge is 1.00 e. The van der Waals surface area contributed by atoms with E-state index < -0.39 is 24.1 Å². The van der Waals surface area contributed by atoms with E-state index in [1.165, 1.54) is 0 Å². The van der Waals surface area contributed by atoms with Crippen LogP contribution in [0, 0.1) is 0 Å². The first-order chi connectivity index (χ1) is 13.5. The van der Waals surface area contributed by atoms with Gasteiger partial charge in [0.15, 0.2) is 0 Å². The van der Waals surface area contributed by atoms with Gasteiger partial charge in [0, 0.05) is 35.9 Å². The maximum atomic E-state index is 10.4. The maximum Gasteiger partial charge on any atom is 1.00 e. The molecule has 0 radical (unpaired) electrons. The van der Waals surface area contributed by atoms with E-state index in [4.69, 9.17) is 9.47 Å². The predicted molar refractivity (Wildman–Crippen MR) is 103 cm³/mol. The van der Waals surface area contributed by atoms with E-state index >= 15 is 0 Å². The first kappa shape index (κ1) is 29.4. The van der Waals surface area contributed by atoms with E-state index in [2.05, 4.69) is 0 Å². The Balaban J connectivity index is 0.000000529. The van der Waals surface area contributed by atoms with Gasteiger partial charge in [-0.25, -0.2) is 0 Å². The average molecular weight is 442 g/mol. The number of carbonyl (C=O) groups is 2. The molecule has 0 aromatic heterocycles. The van der Waals surface area contributed by atoms with Gasteiger partial charge < -0.3 is 34.8 Å². The molecule has 0 amide bonds. The maximum absolute atomic E-state index is 10.4. The van der Waals surface area contributed by atoms with Crippen LogP contribution < -0.4 is 78.8 Å². The molecule has 0 aliphatic carbocycles. The van der Waals surface area contributed by atoms with Gasteiger partial charge in [-0.05, 0) is 24.3 Å². The molecule has 7 nitrogen and oxygen atoms in total. The van der Waals surface area contributed by atoms with Crippen molar-refractivity contribution in [3.63, 3.8) is 0 Å². The molecule has 2 heterocycles. The molecule has 9 heteroatoms. The van der Waals surface area contributed by atoms with Gasteiger partial charge in [0.2, 0.25) is 0 Å². The third-order valence-electron chi connectivity index (χ3n) is 4.11. The molecule has 0 spiro atoms. The Morgan fingerprint density at radius 3 is 1.42 bits per heavy atom. The fraction of sp³-hybridized carbons (Fsp3) is 0.182. The summed E-state index contributed by atoms with van der Waals surface area (Å²) in [6.07, 6.45) is 6.18. The van der Waals surface area contributed by atoms with E-state index in [1.807, 2.05) is 60.7 Å². The summed E-state index contributed by atoms with van der Waals surface area (Å²) in [4.78, 5) is 20.7. The average Bonchev–Trinajstić information content (AvgIpc) is 2.67. The number of hydrogen-bond acceptors (Lipinski definition) is 6. The Bertz CT molecular complexity index is 852. The number of aliphatic carboxylic acids is 2. The van der Waals surface area contributed by atoms with Crippen molar-refractivity contribution >= 4 is 24.1 Å². The minimum absolute atomic E-state index is 0. The van der Waals surface area contributed by atoms with Crippen LogP contribution in [-0.4, -0.2) is 29.6 Å².